The normalized spacial score (nSPS) is 10.8. The first-order chi connectivity index (χ1) is 10.2. The molecule has 0 radical (unpaired) electrons. The topological polar surface area (TPSA) is 39.2 Å². The van der Waals surface area contributed by atoms with Gasteiger partial charge in [0.15, 0.2) is 3.92 Å². The van der Waals surface area contributed by atoms with Crippen molar-refractivity contribution in [2.24, 2.45) is 0 Å². The minimum atomic E-state index is -0.330. The van der Waals surface area contributed by atoms with E-state index in [4.69, 9.17) is 4.74 Å². The quantitative estimate of drug-likeness (QED) is 0.622. The molecule has 21 heavy (non-hydrogen) atoms. The fourth-order valence-electron chi connectivity index (χ4n) is 2.24. The second-order valence-electron chi connectivity index (χ2n) is 4.39. The van der Waals surface area contributed by atoms with Gasteiger partial charge in [0.05, 0.1) is 12.3 Å². The Labute approximate surface area is 134 Å². The Balaban J connectivity index is 2.21. The zero-order valence-corrected chi connectivity index (χ0v) is 13.7. The molecule has 106 valence electrons. The van der Waals surface area contributed by atoms with Crippen LogP contribution in [0.15, 0.2) is 46.4 Å². The molecule has 0 unspecified atom stereocenters. The second-order valence-corrected chi connectivity index (χ2v) is 6.67. The molecule has 0 saturated carbocycles. The van der Waals surface area contributed by atoms with E-state index in [2.05, 4.69) is 20.9 Å². The number of thiazole rings is 1. The van der Waals surface area contributed by atoms with Crippen molar-refractivity contribution in [3.8, 4) is 11.3 Å². The number of esters is 1. The minimum absolute atomic E-state index is 0.330. The van der Waals surface area contributed by atoms with E-state index in [-0.39, 0.29) is 5.97 Å². The van der Waals surface area contributed by atoms with Crippen molar-refractivity contribution in [2.45, 2.75) is 6.92 Å². The van der Waals surface area contributed by atoms with Crippen LogP contribution in [0.25, 0.3) is 22.0 Å². The van der Waals surface area contributed by atoms with E-state index in [0.29, 0.717) is 21.1 Å². The molecule has 1 heterocycles. The number of carbonyl (C=O) groups is 1. The largest absolute Gasteiger partial charge is 0.462 e. The first kappa shape index (κ1) is 14.2. The molecule has 2 aromatic carbocycles. The van der Waals surface area contributed by atoms with Crippen LogP contribution in [0.3, 0.4) is 0 Å². The maximum atomic E-state index is 12.1. The zero-order valence-electron chi connectivity index (χ0n) is 11.3. The molecule has 3 aromatic rings. The van der Waals surface area contributed by atoms with Crippen molar-refractivity contribution in [2.75, 3.05) is 6.61 Å². The molecule has 0 saturated heterocycles. The number of nitrogens with zero attached hydrogens (tertiary/aromatic N) is 1. The fourth-order valence-corrected chi connectivity index (χ4v) is 3.61. The first-order valence-corrected chi connectivity index (χ1v) is 8.13. The summed E-state index contributed by atoms with van der Waals surface area (Å²) in [6.07, 6.45) is 0. The Morgan fingerprint density at radius 3 is 2.81 bits per heavy atom. The number of hydrogen-bond acceptors (Lipinski definition) is 4. The summed E-state index contributed by atoms with van der Waals surface area (Å²) in [6, 6.07) is 14.1. The molecule has 5 heteroatoms. The van der Waals surface area contributed by atoms with Crippen LogP contribution in [0.5, 0.6) is 0 Å². The average Bonchev–Trinajstić information content (AvgIpc) is 2.89. The van der Waals surface area contributed by atoms with Gasteiger partial charge in [-0.25, -0.2) is 9.78 Å². The number of aromatic nitrogens is 1. The van der Waals surface area contributed by atoms with Crippen LogP contribution in [0.2, 0.25) is 0 Å². The summed E-state index contributed by atoms with van der Waals surface area (Å²) in [5.41, 5.74) is 1.61. The van der Waals surface area contributed by atoms with Gasteiger partial charge >= 0.3 is 5.97 Å². The third-order valence-electron chi connectivity index (χ3n) is 3.11. The van der Waals surface area contributed by atoms with Gasteiger partial charge in [-0.3, -0.25) is 0 Å². The summed E-state index contributed by atoms with van der Waals surface area (Å²) in [6.45, 7) is 2.15. The maximum Gasteiger partial charge on any atom is 0.350 e. The number of benzene rings is 2. The molecule has 0 aliphatic carbocycles. The number of rotatable bonds is 3. The second kappa shape index (κ2) is 5.95. The standard InChI is InChI=1S/C16H12BrNO2S/c1-2-20-15(19)14-13(18-16(17)21-14)12-9-5-7-10-6-3-4-8-11(10)12/h3-9H,2H2,1H3. The third-order valence-corrected chi connectivity index (χ3v) is 4.59. The highest BCUT2D eigenvalue weighted by Gasteiger charge is 2.21. The van der Waals surface area contributed by atoms with Crippen molar-refractivity contribution in [3.05, 3.63) is 51.3 Å². The molecular formula is C16H12BrNO2S. The highest BCUT2D eigenvalue weighted by molar-refractivity contribution is 9.11. The molecule has 0 amide bonds. The molecule has 0 spiro atoms. The van der Waals surface area contributed by atoms with E-state index < -0.39 is 0 Å². The summed E-state index contributed by atoms with van der Waals surface area (Å²) < 4.78 is 5.80. The van der Waals surface area contributed by atoms with Crippen molar-refractivity contribution in [3.63, 3.8) is 0 Å². The van der Waals surface area contributed by atoms with Crippen LogP contribution in [-0.4, -0.2) is 17.6 Å². The van der Waals surface area contributed by atoms with Gasteiger partial charge in [0.1, 0.15) is 4.88 Å². The molecule has 0 aliphatic rings. The molecule has 0 N–H and O–H groups in total. The number of hydrogen-bond donors (Lipinski definition) is 0. The van der Waals surface area contributed by atoms with Gasteiger partial charge in [-0.05, 0) is 33.6 Å². The average molecular weight is 362 g/mol. The van der Waals surface area contributed by atoms with Crippen LogP contribution in [-0.2, 0) is 4.74 Å². The molecule has 1 aromatic heterocycles. The molecular weight excluding hydrogens is 350 g/mol. The lowest BCUT2D eigenvalue weighted by atomic mass is 10.0. The smallest absolute Gasteiger partial charge is 0.350 e. The van der Waals surface area contributed by atoms with Gasteiger partial charge in [0.2, 0.25) is 0 Å². The Kier molecular flexibility index (Phi) is 4.03. The van der Waals surface area contributed by atoms with Crippen LogP contribution in [0.4, 0.5) is 0 Å². The monoisotopic (exact) mass is 361 g/mol. The van der Waals surface area contributed by atoms with E-state index >= 15 is 0 Å². The third kappa shape index (κ3) is 2.71. The van der Waals surface area contributed by atoms with Crippen LogP contribution >= 0.6 is 27.3 Å². The van der Waals surface area contributed by atoms with Gasteiger partial charge in [-0.15, -0.1) is 0 Å². The summed E-state index contributed by atoms with van der Waals surface area (Å²) >= 11 is 4.66. The molecule has 0 bridgehead atoms. The Hall–Kier alpha value is -1.72. The van der Waals surface area contributed by atoms with E-state index in [1.165, 1.54) is 11.3 Å². The predicted molar refractivity (Wildman–Crippen MR) is 88.7 cm³/mol. The fraction of sp³-hybridized carbons (Fsp3) is 0.125. The van der Waals surface area contributed by atoms with Gasteiger partial charge < -0.3 is 4.74 Å². The number of ether oxygens (including phenoxy) is 1. The maximum absolute atomic E-state index is 12.1. The van der Waals surface area contributed by atoms with E-state index in [0.717, 1.165) is 16.3 Å². The number of carbonyl (C=O) groups excluding carboxylic acids is 1. The van der Waals surface area contributed by atoms with Crippen molar-refractivity contribution < 1.29 is 9.53 Å². The molecule has 0 aliphatic heterocycles. The van der Waals surface area contributed by atoms with Crippen LogP contribution in [0, 0.1) is 0 Å². The highest BCUT2D eigenvalue weighted by Crippen LogP contribution is 2.35. The molecule has 3 nitrogen and oxygen atoms in total. The van der Waals surface area contributed by atoms with E-state index in [9.17, 15) is 4.79 Å². The zero-order chi connectivity index (χ0) is 14.8. The lowest BCUT2D eigenvalue weighted by molar-refractivity contribution is 0.0532. The summed E-state index contributed by atoms with van der Waals surface area (Å²) in [5.74, 6) is -0.330. The first-order valence-electron chi connectivity index (χ1n) is 6.52. The van der Waals surface area contributed by atoms with Crippen molar-refractivity contribution in [1.29, 1.82) is 0 Å². The summed E-state index contributed by atoms with van der Waals surface area (Å²) in [5, 5.41) is 2.19. The summed E-state index contributed by atoms with van der Waals surface area (Å²) in [4.78, 5) is 17.1. The molecule has 0 atom stereocenters. The van der Waals surface area contributed by atoms with Gasteiger partial charge in [-0.2, -0.15) is 0 Å². The molecule has 0 fully saturated rings. The Bertz CT molecular complexity index is 808. The van der Waals surface area contributed by atoms with Crippen molar-refractivity contribution >= 4 is 44.0 Å². The van der Waals surface area contributed by atoms with Gasteiger partial charge in [0.25, 0.3) is 0 Å². The lowest BCUT2D eigenvalue weighted by Crippen LogP contribution is -2.04. The Morgan fingerprint density at radius 1 is 1.24 bits per heavy atom. The SMILES string of the molecule is CCOC(=O)c1sc(Br)nc1-c1cccc2ccccc12. The van der Waals surface area contributed by atoms with Crippen LogP contribution < -0.4 is 0 Å². The minimum Gasteiger partial charge on any atom is -0.462 e. The van der Waals surface area contributed by atoms with Crippen molar-refractivity contribution in [1.82, 2.24) is 4.98 Å². The van der Waals surface area contributed by atoms with Gasteiger partial charge in [-0.1, -0.05) is 53.8 Å². The van der Waals surface area contributed by atoms with Crippen LogP contribution in [0.1, 0.15) is 16.6 Å². The highest BCUT2D eigenvalue weighted by atomic mass is 79.9. The molecule has 3 rings (SSSR count). The van der Waals surface area contributed by atoms with E-state index in [1.54, 1.807) is 6.92 Å². The summed E-state index contributed by atoms with van der Waals surface area (Å²) in [7, 11) is 0. The number of halogens is 1. The lowest BCUT2D eigenvalue weighted by Gasteiger charge is -2.06. The number of fused-ring (bicyclic) bond motifs is 1. The van der Waals surface area contributed by atoms with Gasteiger partial charge in [0, 0.05) is 5.56 Å². The van der Waals surface area contributed by atoms with E-state index in [1.807, 2.05) is 42.5 Å². The predicted octanol–water partition coefficient (Wildman–Crippen LogP) is 4.90. The Morgan fingerprint density at radius 2 is 2.00 bits per heavy atom.